The molecule has 0 bridgehead atoms. The SMILES string of the molecule is Cc1cc(C)c2c(c1)CCC2NC(=O)N1CCn2ncc(CO)c2C1. The van der Waals surface area contributed by atoms with E-state index < -0.39 is 0 Å². The Labute approximate surface area is 147 Å². The number of aliphatic hydroxyl groups is 1. The Morgan fingerprint density at radius 2 is 2.20 bits per heavy atom. The molecular weight excluding hydrogens is 316 g/mol. The maximum absolute atomic E-state index is 12.8. The molecule has 2 aromatic rings. The van der Waals surface area contributed by atoms with Crippen molar-refractivity contribution >= 4 is 6.03 Å². The van der Waals surface area contributed by atoms with Crippen LogP contribution in [0.25, 0.3) is 0 Å². The fourth-order valence-corrected chi connectivity index (χ4v) is 4.21. The number of amides is 2. The van der Waals surface area contributed by atoms with Gasteiger partial charge in [-0.05, 0) is 43.4 Å². The summed E-state index contributed by atoms with van der Waals surface area (Å²) in [4.78, 5) is 14.6. The van der Waals surface area contributed by atoms with Gasteiger partial charge in [0.25, 0.3) is 0 Å². The van der Waals surface area contributed by atoms with Crippen molar-refractivity contribution in [3.05, 3.63) is 51.8 Å². The van der Waals surface area contributed by atoms with Crippen molar-refractivity contribution in [3.8, 4) is 0 Å². The predicted molar refractivity (Wildman–Crippen MR) is 94.1 cm³/mol. The number of carbonyl (C=O) groups is 1. The van der Waals surface area contributed by atoms with E-state index in [0.29, 0.717) is 19.6 Å². The number of rotatable bonds is 2. The van der Waals surface area contributed by atoms with E-state index in [-0.39, 0.29) is 18.7 Å². The topological polar surface area (TPSA) is 70.4 Å². The third kappa shape index (κ3) is 2.80. The molecule has 0 radical (unpaired) electrons. The third-order valence-corrected chi connectivity index (χ3v) is 5.38. The van der Waals surface area contributed by atoms with E-state index in [9.17, 15) is 9.90 Å². The van der Waals surface area contributed by atoms with Crippen LogP contribution in [-0.2, 0) is 26.1 Å². The van der Waals surface area contributed by atoms with Crippen molar-refractivity contribution in [2.24, 2.45) is 0 Å². The molecule has 2 heterocycles. The van der Waals surface area contributed by atoms with Gasteiger partial charge in [-0.15, -0.1) is 0 Å². The minimum atomic E-state index is -0.0423. The number of nitrogens with one attached hydrogen (secondary N) is 1. The second kappa shape index (κ2) is 6.19. The molecule has 1 unspecified atom stereocenters. The number of aliphatic hydroxyl groups excluding tert-OH is 1. The first-order valence-corrected chi connectivity index (χ1v) is 8.86. The minimum absolute atomic E-state index is 0.0332. The molecule has 2 aliphatic rings. The van der Waals surface area contributed by atoms with Gasteiger partial charge in [-0.25, -0.2) is 4.79 Å². The Kier molecular flexibility index (Phi) is 4.00. The first-order valence-electron chi connectivity index (χ1n) is 8.86. The molecule has 0 saturated carbocycles. The summed E-state index contributed by atoms with van der Waals surface area (Å²) in [7, 11) is 0. The second-order valence-corrected chi connectivity index (χ2v) is 7.11. The number of aromatic nitrogens is 2. The quantitative estimate of drug-likeness (QED) is 0.880. The van der Waals surface area contributed by atoms with Crippen LogP contribution in [0.2, 0.25) is 0 Å². The summed E-state index contributed by atoms with van der Waals surface area (Å²) in [5.74, 6) is 0. The number of fused-ring (bicyclic) bond motifs is 2. The lowest BCUT2D eigenvalue weighted by molar-refractivity contribution is 0.176. The summed E-state index contributed by atoms with van der Waals surface area (Å²) < 4.78 is 1.88. The van der Waals surface area contributed by atoms with Gasteiger partial charge in [0.2, 0.25) is 0 Å². The zero-order valence-corrected chi connectivity index (χ0v) is 14.7. The van der Waals surface area contributed by atoms with E-state index in [0.717, 1.165) is 24.1 Å². The van der Waals surface area contributed by atoms with Gasteiger partial charge in [-0.2, -0.15) is 5.10 Å². The van der Waals surface area contributed by atoms with Gasteiger partial charge in [0.05, 0.1) is 37.6 Å². The van der Waals surface area contributed by atoms with Crippen LogP contribution in [0.5, 0.6) is 0 Å². The Balaban J connectivity index is 1.50. The largest absolute Gasteiger partial charge is 0.392 e. The number of nitrogens with zero attached hydrogens (tertiary/aromatic N) is 3. The molecule has 2 N–H and O–H groups in total. The third-order valence-electron chi connectivity index (χ3n) is 5.38. The number of urea groups is 1. The van der Waals surface area contributed by atoms with Crippen LogP contribution in [0.15, 0.2) is 18.3 Å². The van der Waals surface area contributed by atoms with Gasteiger partial charge in [0, 0.05) is 12.1 Å². The van der Waals surface area contributed by atoms with Crippen molar-refractivity contribution in [2.75, 3.05) is 6.54 Å². The number of carbonyl (C=O) groups excluding carboxylic acids is 1. The highest BCUT2D eigenvalue weighted by molar-refractivity contribution is 5.75. The first kappa shape index (κ1) is 16.1. The number of aryl methyl sites for hydroxylation is 3. The predicted octanol–water partition coefficient (Wildman–Crippen LogP) is 2.20. The molecule has 2 amide bonds. The van der Waals surface area contributed by atoms with Gasteiger partial charge >= 0.3 is 6.03 Å². The molecule has 25 heavy (non-hydrogen) atoms. The normalized spacial score (nSPS) is 18.8. The average Bonchev–Trinajstić information content (AvgIpc) is 3.18. The number of hydrogen-bond acceptors (Lipinski definition) is 3. The van der Waals surface area contributed by atoms with Crippen LogP contribution in [0.4, 0.5) is 4.79 Å². The molecule has 1 aromatic carbocycles. The maximum Gasteiger partial charge on any atom is 0.318 e. The molecule has 1 aliphatic carbocycles. The maximum atomic E-state index is 12.8. The zero-order chi connectivity index (χ0) is 17.6. The lowest BCUT2D eigenvalue weighted by Gasteiger charge is -2.30. The Hall–Kier alpha value is -2.34. The molecule has 0 fully saturated rings. The van der Waals surface area contributed by atoms with Crippen molar-refractivity contribution in [1.82, 2.24) is 20.0 Å². The van der Waals surface area contributed by atoms with E-state index in [4.69, 9.17) is 0 Å². The zero-order valence-electron chi connectivity index (χ0n) is 14.7. The summed E-state index contributed by atoms with van der Waals surface area (Å²) in [6, 6.07) is 4.49. The highest BCUT2D eigenvalue weighted by atomic mass is 16.3. The molecule has 4 rings (SSSR count). The second-order valence-electron chi connectivity index (χ2n) is 7.11. The monoisotopic (exact) mass is 340 g/mol. The average molecular weight is 340 g/mol. The van der Waals surface area contributed by atoms with Gasteiger partial charge < -0.3 is 15.3 Å². The molecule has 1 aromatic heterocycles. The highest BCUT2D eigenvalue weighted by Gasteiger charge is 2.29. The smallest absolute Gasteiger partial charge is 0.318 e. The van der Waals surface area contributed by atoms with Crippen molar-refractivity contribution in [3.63, 3.8) is 0 Å². The first-order chi connectivity index (χ1) is 12.1. The van der Waals surface area contributed by atoms with E-state index in [1.54, 1.807) is 6.20 Å². The molecule has 6 heteroatoms. The molecule has 1 aliphatic heterocycles. The molecule has 0 spiro atoms. The van der Waals surface area contributed by atoms with Crippen LogP contribution in [0, 0.1) is 13.8 Å². The fraction of sp³-hybridized carbons (Fsp3) is 0.474. The summed E-state index contributed by atoms with van der Waals surface area (Å²) in [6.45, 7) is 6.01. The highest BCUT2D eigenvalue weighted by Crippen LogP contribution is 2.34. The molecule has 0 saturated heterocycles. The molecule has 132 valence electrons. The van der Waals surface area contributed by atoms with Crippen LogP contribution in [0.3, 0.4) is 0 Å². The van der Waals surface area contributed by atoms with E-state index >= 15 is 0 Å². The van der Waals surface area contributed by atoms with Gasteiger partial charge in [-0.3, -0.25) is 4.68 Å². The van der Waals surface area contributed by atoms with Crippen LogP contribution < -0.4 is 5.32 Å². The Morgan fingerprint density at radius 3 is 3.00 bits per heavy atom. The molecular formula is C19H24N4O2. The Bertz CT molecular complexity index is 814. The van der Waals surface area contributed by atoms with Gasteiger partial charge in [0.15, 0.2) is 0 Å². The Morgan fingerprint density at radius 1 is 1.36 bits per heavy atom. The van der Waals surface area contributed by atoms with Gasteiger partial charge in [-0.1, -0.05) is 17.7 Å². The van der Waals surface area contributed by atoms with Crippen molar-refractivity contribution in [2.45, 2.75) is 52.4 Å². The summed E-state index contributed by atoms with van der Waals surface area (Å²) >= 11 is 0. The summed E-state index contributed by atoms with van der Waals surface area (Å²) in [5, 5.41) is 16.9. The van der Waals surface area contributed by atoms with E-state index in [1.165, 1.54) is 22.3 Å². The summed E-state index contributed by atoms with van der Waals surface area (Å²) in [6.07, 6.45) is 3.67. The standard InChI is InChI=1S/C19H24N4O2/c1-12-7-13(2)18-14(8-12)3-4-16(18)21-19(25)22-5-6-23-17(10-22)15(11-24)9-20-23/h7-9,16,24H,3-6,10-11H2,1-2H3,(H,21,25). The molecule has 6 nitrogen and oxygen atoms in total. The summed E-state index contributed by atoms with van der Waals surface area (Å²) in [5.41, 5.74) is 6.93. The van der Waals surface area contributed by atoms with Crippen LogP contribution >= 0.6 is 0 Å². The molecule has 1 atom stereocenters. The lowest BCUT2D eigenvalue weighted by atomic mass is 9.99. The fourth-order valence-electron chi connectivity index (χ4n) is 4.21. The number of benzene rings is 1. The van der Waals surface area contributed by atoms with E-state index in [2.05, 4.69) is 36.4 Å². The van der Waals surface area contributed by atoms with Crippen LogP contribution in [0.1, 0.15) is 46.0 Å². The van der Waals surface area contributed by atoms with Crippen molar-refractivity contribution in [1.29, 1.82) is 0 Å². The van der Waals surface area contributed by atoms with Crippen molar-refractivity contribution < 1.29 is 9.90 Å². The van der Waals surface area contributed by atoms with Crippen LogP contribution in [-0.4, -0.2) is 32.4 Å². The van der Waals surface area contributed by atoms with Gasteiger partial charge in [0.1, 0.15) is 0 Å². The van der Waals surface area contributed by atoms with E-state index in [1.807, 2.05) is 9.58 Å². The number of hydrogen-bond donors (Lipinski definition) is 2. The minimum Gasteiger partial charge on any atom is -0.392 e. The lowest BCUT2D eigenvalue weighted by Crippen LogP contribution is -2.45.